The summed E-state index contributed by atoms with van der Waals surface area (Å²) < 4.78 is 23.6. The number of amides is 2. The summed E-state index contributed by atoms with van der Waals surface area (Å²) in [5, 5.41) is 17.6. The van der Waals surface area contributed by atoms with Gasteiger partial charge in [-0.2, -0.15) is 0 Å². The number of para-hydroxylation sites is 1. The predicted octanol–water partition coefficient (Wildman–Crippen LogP) is 6.07. The van der Waals surface area contributed by atoms with E-state index in [1.54, 1.807) is 24.1 Å². The van der Waals surface area contributed by atoms with Crippen LogP contribution in [0.2, 0.25) is 0 Å². The first-order valence-electron chi connectivity index (χ1n) is 15.5. The van der Waals surface area contributed by atoms with Gasteiger partial charge in [0.1, 0.15) is 29.4 Å². The van der Waals surface area contributed by atoms with Gasteiger partial charge < -0.3 is 34.7 Å². The van der Waals surface area contributed by atoms with Gasteiger partial charge in [-0.25, -0.2) is 4.79 Å². The summed E-state index contributed by atoms with van der Waals surface area (Å²) in [6, 6.07) is 19.0. The summed E-state index contributed by atoms with van der Waals surface area (Å²) in [6.07, 6.45) is 0.546. The molecule has 3 aromatic rings. The average Bonchev–Trinajstić information content (AvgIpc) is 3.05. The van der Waals surface area contributed by atoms with Crippen LogP contribution >= 0.6 is 0 Å². The van der Waals surface area contributed by atoms with Gasteiger partial charge in [0.25, 0.3) is 5.91 Å². The van der Waals surface area contributed by atoms with Crippen molar-refractivity contribution in [3.8, 4) is 17.2 Å². The summed E-state index contributed by atoms with van der Waals surface area (Å²) in [5.41, 5.74) is 2.45. The minimum atomic E-state index is -0.938. The van der Waals surface area contributed by atoms with E-state index < -0.39 is 23.3 Å². The number of ether oxygens (including phenoxy) is 4. The molecule has 0 saturated carbocycles. The number of carbonyl (C=O) groups is 2. The van der Waals surface area contributed by atoms with Gasteiger partial charge in [-0.15, -0.1) is 0 Å². The number of anilines is 2. The number of hydrogen-bond donors (Lipinski definition) is 3. The Morgan fingerprint density at radius 2 is 1.80 bits per heavy atom. The van der Waals surface area contributed by atoms with Crippen LogP contribution in [-0.2, 0) is 21.7 Å². The molecule has 0 radical (unpaired) electrons. The number of rotatable bonds is 13. The molecule has 240 valence electrons. The molecule has 3 N–H and O–H groups in total. The van der Waals surface area contributed by atoms with Gasteiger partial charge in [0.2, 0.25) is 0 Å². The number of nitrogens with zero attached hydrogens (tertiary/aromatic N) is 1. The van der Waals surface area contributed by atoms with E-state index >= 15 is 0 Å². The van der Waals surface area contributed by atoms with E-state index in [1.165, 1.54) is 0 Å². The Morgan fingerprint density at radius 1 is 1.04 bits per heavy atom. The molecule has 2 amide bonds. The quantitative estimate of drug-likeness (QED) is 0.212. The predicted molar refractivity (Wildman–Crippen MR) is 172 cm³/mol. The number of aliphatic hydroxyl groups excluding tert-OH is 1. The molecule has 0 aliphatic carbocycles. The third kappa shape index (κ3) is 6.72. The zero-order valence-electron chi connectivity index (χ0n) is 26.6. The minimum absolute atomic E-state index is 0.151. The number of methoxy groups -OCH3 is 1. The van der Waals surface area contributed by atoms with E-state index in [1.807, 2.05) is 76.2 Å². The van der Waals surface area contributed by atoms with Crippen molar-refractivity contribution >= 4 is 23.4 Å². The second kappa shape index (κ2) is 13.4. The lowest BCUT2D eigenvalue weighted by atomic mass is 9.85. The fourth-order valence-corrected chi connectivity index (χ4v) is 5.93. The van der Waals surface area contributed by atoms with E-state index in [0.717, 1.165) is 16.8 Å². The smallest absolute Gasteiger partial charge is 0.415 e. The monoisotopic (exact) mass is 617 g/mol. The maximum absolute atomic E-state index is 13.4. The Bertz CT molecular complexity index is 1520. The summed E-state index contributed by atoms with van der Waals surface area (Å²) in [7, 11) is 1.61. The van der Waals surface area contributed by atoms with Gasteiger partial charge in [0, 0.05) is 29.8 Å². The Kier molecular flexibility index (Phi) is 9.55. The molecule has 1 unspecified atom stereocenters. The number of nitrogens with one attached hydrogen (secondary N) is 2. The lowest BCUT2D eigenvalue weighted by Gasteiger charge is -2.43. The summed E-state index contributed by atoms with van der Waals surface area (Å²) in [5.74, 6) is 1.19. The van der Waals surface area contributed by atoms with Crippen molar-refractivity contribution in [2.75, 3.05) is 37.0 Å². The molecule has 0 spiro atoms. The number of carbonyl (C=O) groups excluding carboxylic acids is 2. The Morgan fingerprint density at radius 3 is 2.51 bits per heavy atom. The van der Waals surface area contributed by atoms with Crippen LogP contribution in [0.15, 0.2) is 60.7 Å². The van der Waals surface area contributed by atoms with Crippen molar-refractivity contribution < 1.29 is 33.6 Å². The molecule has 10 heteroatoms. The van der Waals surface area contributed by atoms with Crippen molar-refractivity contribution in [1.82, 2.24) is 5.32 Å². The number of hydrogen-bond acceptors (Lipinski definition) is 8. The lowest BCUT2D eigenvalue weighted by Crippen LogP contribution is -2.49. The maximum Gasteiger partial charge on any atom is 0.415 e. The van der Waals surface area contributed by atoms with Gasteiger partial charge in [-0.05, 0) is 56.9 Å². The molecule has 10 nitrogen and oxygen atoms in total. The third-order valence-corrected chi connectivity index (χ3v) is 8.72. The van der Waals surface area contributed by atoms with Crippen molar-refractivity contribution in [3.05, 3.63) is 77.4 Å². The van der Waals surface area contributed by atoms with Crippen LogP contribution in [0.25, 0.3) is 0 Å². The molecule has 2 heterocycles. The topological polar surface area (TPSA) is 119 Å². The molecular weight excluding hydrogens is 574 g/mol. The highest BCUT2D eigenvalue weighted by Crippen LogP contribution is 2.48. The molecule has 3 aromatic carbocycles. The van der Waals surface area contributed by atoms with Crippen molar-refractivity contribution in [2.45, 2.75) is 70.8 Å². The van der Waals surface area contributed by atoms with Crippen LogP contribution in [0.1, 0.15) is 69.8 Å². The summed E-state index contributed by atoms with van der Waals surface area (Å²) >= 11 is 0. The number of cyclic esters (lactones) is 1. The number of β-amino-alcohol motifs (C(OH)–C–C–N with tert-alkyl or cyclic N) is 1. The maximum atomic E-state index is 13.4. The van der Waals surface area contributed by atoms with E-state index in [4.69, 9.17) is 18.9 Å². The standard InChI is InChI=1S/C35H43N3O7/c1-6-35(7-2)25-14-11-15-28(42-5)31(25)38(33(41)45-35)19-18-34(3,4)36-20-26(39)24-16-17-27(30-32(24)44-22-29(40)37-30)43-21-23-12-9-8-10-13-23/h8-17,26,36,39H,6-7,18-22H2,1-5H3,(H,37,40). The SMILES string of the molecule is CCC1(CC)OC(=O)N(CCC(C)(C)NCC(O)c2ccc(OCc3ccccc3)c3c2OCC(=O)N3)c2c(OC)cccc21. The van der Waals surface area contributed by atoms with E-state index in [0.29, 0.717) is 60.9 Å². The second-order valence-corrected chi connectivity index (χ2v) is 12.1. The molecule has 0 aromatic heterocycles. The first-order chi connectivity index (χ1) is 21.6. The van der Waals surface area contributed by atoms with Gasteiger partial charge in [-0.1, -0.05) is 56.3 Å². The van der Waals surface area contributed by atoms with Crippen LogP contribution in [-0.4, -0.2) is 49.5 Å². The van der Waals surface area contributed by atoms with Gasteiger partial charge in [-0.3, -0.25) is 9.69 Å². The fourth-order valence-electron chi connectivity index (χ4n) is 5.93. The lowest BCUT2D eigenvalue weighted by molar-refractivity contribution is -0.118. The summed E-state index contributed by atoms with van der Waals surface area (Å²) in [6.45, 7) is 8.84. The highest BCUT2D eigenvalue weighted by molar-refractivity contribution is 5.97. The van der Waals surface area contributed by atoms with Crippen molar-refractivity contribution in [3.63, 3.8) is 0 Å². The highest BCUT2D eigenvalue weighted by Gasteiger charge is 2.44. The molecular formula is C35H43N3O7. The molecule has 0 saturated heterocycles. The number of aliphatic hydroxyl groups is 1. The van der Waals surface area contributed by atoms with Crippen LogP contribution < -0.4 is 29.7 Å². The fraction of sp³-hybridized carbons (Fsp3) is 0.429. The van der Waals surface area contributed by atoms with Crippen molar-refractivity contribution in [1.29, 1.82) is 0 Å². The first kappa shape index (κ1) is 32.1. The third-order valence-electron chi connectivity index (χ3n) is 8.72. The van der Waals surface area contributed by atoms with Crippen LogP contribution in [0.5, 0.6) is 17.2 Å². The highest BCUT2D eigenvalue weighted by atomic mass is 16.6. The Balaban J connectivity index is 1.28. The average molecular weight is 618 g/mol. The first-order valence-corrected chi connectivity index (χ1v) is 15.5. The molecule has 2 aliphatic heterocycles. The molecule has 1 atom stereocenters. The summed E-state index contributed by atoms with van der Waals surface area (Å²) in [4.78, 5) is 27.2. The zero-order valence-corrected chi connectivity index (χ0v) is 26.6. The Hall–Kier alpha value is -4.28. The number of benzene rings is 3. The molecule has 2 aliphatic rings. The van der Waals surface area contributed by atoms with Gasteiger partial charge in [0.15, 0.2) is 12.4 Å². The Labute approximate surface area is 264 Å². The van der Waals surface area contributed by atoms with Gasteiger partial charge in [0.05, 0.1) is 18.9 Å². The van der Waals surface area contributed by atoms with E-state index in [2.05, 4.69) is 10.6 Å². The minimum Gasteiger partial charge on any atom is -0.495 e. The number of fused-ring (bicyclic) bond motifs is 2. The normalized spacial score (nSPS) is 16.1. The van der Waals surface area contributed by atoms with E-state index in [-0.39, 0.29) is 19.1 Å². The second-order valence-electron chi connectivity index (χ2n) is 12.1. The van der Waals surface area contributed by atoms with Gasteiger partial charge >= 0.3 is 6.09 Å². The molecule has 0 bridgehead atoms. The van der Waals surface area contributed by atoms with Crippen LogP contribution in [0.3, 0.4) is 0 Å². The zero-order chi connectivity index (χ0) is 32.2. The van der Waals surface area contributed by atoms with Crippen molar-refractivity contribution in [2.24, 2.45) is 0 Å². The van der Waals surface area contributed by atoms with Crippen LogP contribution in [0, 0.1) is 0 Å². The van der Waals surface area contributed by atoms with E-state index in [9.17, 15) is 14.7 Å². The van der Waals surface area contributed by atoms with Crippen LogP contribution in [0.4, 0.5) is 16.2 Å². The largest absolute Gasteiger partial charge is 0.495 e. The molecule has 5 rings (SSSR count). The molecule has 0 fully saturated rings. The molecule has 45 heavy (non-hydrogen) atoms.